The van der Waals surface area contributed by atoms with Gasteiger partial charge in [0.2, 0.25) is 5.91 Å². The number of benzene rings is 2. The van der Waals surface area contributed by atoms with Crippen LogP contribution in [-0.4, -0.2) is 77.5 Å². The van der Waals surface area contributed by atoms with E-state index in [2.05, 4.69) is 40.7 Å². The molecule has 0 aliphatic carbocycles. The van der Waals surface area contributed by atoms with E-state index in [0.717, 1.165) is 42.0 Å². The molecule has 2 saturated heterocycles. The van der Waals surface area contributed by atoms with Crippen molar-refractivity contribution in [1.82, 2.24) is 25.6 Å². The number of nitrogens with one attached hydrogen (secondary N) is 2. The van der Waals surface area contributed by atoms with Gasteiger partial charge < -0.3 is 25.2 Å². The average Bonchev–Trinajstić information content (AvgIpc) is 3.38. The number of fused-ring (bicyclic) bond motifs is 1. The Morgan fingerprint density at radius 2 is 1.88 bits per heavy atom. The van der Waals surface area contributed by atoms with Gasteiger partial charge >= 0.3 is 0 Å². The van der Waals surface area contributed by atoms with Gasteiger partial charge in [0.25, 0.3) is 5.91 Å². The minimum absolute atomic E-state index is 0.0160. The lowest BCUT2D eigenvalue weighted by atomic mass is 9.86. The molecule has 2 aromatic rings. The van der Waals surface area contributed by atoms with Gasteiger partial charge in [-0.05, 0) is 69.1 Å². The van der Waals surface area contributed by atoms with Gasteiger partial charge in [-0.1, -0.05) is 36.4 Å². The second kappa shape index (κ2) is 12.2. The Kier molecular flexibility index (Phi) is 8.54. The zero-order chi connectivity index (χ0) is 28.2. The number of likely N-dealkylation sites (N-methyl/N-ethyl adjacent to an activating group) is 1. The molecule has 2 fully saturated rings. The molecule has 0 radical (unpaired) electrons. The van der Waals surface area contributed by atoms with Crippen LogP contribution in [0.4, 0.5) is 0 Å². The number of carbonyl (C=O) groups is 2. The van der Waals surface area contributed by atoms with Crippen molar-refractivity contribution in [2.24, 2.45) is 11.7 Å². The highest BCUT2D eigenvalue weighted by Crippen LogP contribution is 2.41. The normalized spacial score (nSPS) is 24.9. The number of para-hydroxylation sites is 1. The highest BCUT2D eigenvalue weighted by Gasteiger charge is 2.49. The van der Waals surface area contributed by atoms with Crippen LogP contribution in [0.2, 0.25) is 0 Å². The van der Waals surface area contributed by atoms with Crippen LogP contribution in [0.25, 0.3) is 5.57 Å². The highest BCUT2D eigenvalue weighted by molar-refractivity contribution is 5.89. The maximum atomic E-state index is 13.2. The monoisotopic (exact) mass is 544 g/mol. The second-order valence-electron chi connectivity index (χ2n) is 11.1. The number of hydrazine groups is 1. The summed E-state index contributed by atoms with van der Waals surface area (Å²) < 4.78 is 5.97. The van der Waals surface area contributed by atoms with E-state index in [1.54, 1.807) is 6.08 Å². The van der Waals surface area contributed by atoms with Crippen molar-refractivity contribution in [3.8, 4) is 11.5 Å². The Morgan fingerprint density at radius 3 is 2.60 bits per heavy atom. The van der Waals surface area contributed by atoms with Gasteiger partial charge in [-0.25, -0.2) is 5.43 Å². The van der Waals surface area contributed by atoms with Crippen molar-refractivity contribution in [2.45, 2.75) is 51.0 Å². The summed E-state index contributed by atoms with van der Waals surface area (Å²) in [5, 5.41) is 0. The van der Waals surface area contributed by atoms with Gasteiger partial charge in [0.05, 0.1) is 6.17 Å². The lowest BCUT2D eigenvalue weighted by molar-refractivity contribution is -0.132. The number of rotatable bonds is 8. The first-order chi connectivity index (χ1) is 19.3. The lowest BCUT2D eigenvalue weighted by Gasteiger charge is -2.43. The maximum absolute atomic E-state index is 13.2. The molecule has 3 aliphatic rings. The van der Waals surface area contributed by atoms with Crippen LogP contribution in [0.3, 0.4) is 0 Å². The zero-order valence-corrected chi connectivity index (χ0v) is 23.5. The van der Waals surface area contributed by atoms with Gasteiger partial charge in [-0.15, -0.1) is 0 Å². The maximum Gasteiger partial charge on any atom is 0.257 e. The molecule has 9 heteroatoms. The summed E-state index contributed by atoms with van der Waals surface area (Å²) in [6, 6.07) is 17.5. The number of hydrogen-bond donors (Lipinski definition) is 3. The molecule has 0 spiro atoms. The quantitative estimate of drug-likeness (QED) is 0.439. The number of nitrogens with zero attached hydrogens (tertiary/aromatic N) is 3. The van der Waals surface area contributed by atoms with Gasteiger partial charge in [0.1, 0.15) is 17.5 Å². The Labute approximate surface area is 236 Å². The minimum Gasteiger partial charge on any atom is -0.457 e. The largest absolute Gasteiger partial charge is 0.457 e. The molecule has 3 heterocycles. The first-order valence-electron chi connectivity index (χ1n) is 14.1. The Morgan fingerprint density at radius 1 is 1.15 bits per heavy atom. The molecule has 0 bridgehead atoms. The van der Waals surface area contributed by atoms with Crippen LogP contribution in [0.1, 0.15) is 32.3 Å². The fraction of sp³-hybridized carbons (Fsp3) is 0.419. The van der Waals surface area contributed by atoms with Crippen molar-refractivity contribution >= 4 is 17.4 Å². The predicted molar refractivity (Wildman–Crippen MR) is 156 cm³/mol. The smallest absolute Gasteiger partial charge is 0.257 e. The Hall–Kier alpha value is -3.66. The molecule has 4 N–H and O–H groups in total. The van der Waals surface area contributed by atoms with E-state index in [1.165, 1.54) is 0 Å². The molecule has 2 amide bonds. The van der Waals surface area contributed by atoms with E-state index < -0.39 is 12.2 Å². The van der Waals surface area contributed by atoms with E-state index in [1.807, 2.05) is 72.6 Å². The molecular formula is C31H40N6O3. The van der Waals surface area contributed by atoms with Crippen molar-refractivity contribution in [2.75, 3.05) is 26.7 Å². The van der Waals surface area contributed by atoms with Crippen LogP contribution in [-0.2, 0) is 9.59 Å². The zero-order valence-electron chi connectivity index (χ0n) is 23.5. The molecule has 3 unspecified atom stereocenters. The summed E-state index contributed by atoms with van der Waals surface area (Å²) in [4.78, 5) is 32.4. The molecule has 2 aromatic carbocycles. The standard InChI is InChI=1S/C31H40N6O3/c1-21(2)35(3)17-8-12-27(38)36-18-7-9-23(19-36)37-20-26(28-29(37)31(39)34-33-30(28)32)22-13-15-25(16-14-22)40-24-10-5-4-6-11-24/h4-6,8,10-16,20-21,23,28-30,33H,7,9,17-19,32H2,1-3H3,(H,34,39)/b12-8+/t23-,28?,29?,30?/m1/s1. The van der Waals surface area contributed by atoms with E-state index in [9.17, 15) is 9.59 Å². The van der Waals surface area contributed by atoms with Crippen molar-refractivity contribution in [1.29, 1.82) is 0 Å². The molecule has 9 nitrogen and oxygen atoms in total. The van der Waals surface area contributed by atoms with E-state index in [4.69, 9.17) is 10.5 Å². The molecule has 212 valence electrons. The molecule has 0 aromatic heterocycles. The number of nitrogens with two attached hydrogens (primary N) is 1. The molecule has 0 saturated carbocycles. The summed E-state index contributed by atoms with van der Waals surface area (Å²) in [5.41, 5.74) is 14.2. The SMILES string of the molecule is CC(C)N(C)C/C=C/C(=O)N1CCC[C@@H](N2C=C(c3ccc(Oc4ccccc4)cc3)C3C(N)NNC(=O)C32)C1. The summed E-state index contributed by atoms with van der Waals surface area (Å²) in [6.07, 6.45) is 7.03. The van der Waals surface area contributed by atoms with Gasteiger partial charge in [0.15, 0.2) is 0 Å². The number of piperidine rings is 1. The molecular weight excluding hydrogens is 504 g/mol. The van der Waals surface area contributed by atoms with Crippen molar-refractivity contribution in [3.63, 3.8) is 0 Å². The topological polar surface area (TPSA) is 103 Å². The highest BCUT2D eigenvalue weighted by atomic mass is 16.5. The fourth-order valence-electron chi connectivity index (χ4n) is 5.66. The average molecular weight is 545 g/mol. The number of carbonyl (C=O) groups excluding carboxylic acids is 2. The number of ether oxygens (including phenoxy) is 1. The molecule has 4 atom stereocenters. The first-order valence-corrected chi connectivity index (χ1v) is 14.1. The number of likely N-dealkylation sites (tertiary alicyclic amines) is 1. The van der Waals surface area contributed by atoms with Crippen LogP contribution in [0.5, 0.6) is 11.5 Å². The molecule has 3 aliphatic heterocycles. The third kappa shape index (κ3) is 6.06. The Bertz CT molecular complexity index is 1250. The van der Waals surface area contributed by atoms with Crippen molar-refractivity contribution < 1.29 is 14.3 Å². The van der Waals surface area contributed by atoms with Gasteiger partial charge in [0, 0.05) is 49.9 Å². The fourth-order valence-corrected chi connectivity index (χ4v) is 5.66. The van der Waals surface area contributed by atoms with Crippen LogP contribution < -0.4 is 21.3 Å². The van der Waals surface area contributed by atoms with Crippen molar-refractivity contribution in [3.05, 3.63) is 78.5 Å². The van der Waals surface area contributed by atoms with E-state index in [0.29, 0.717) is 19.1 Å². The van der Waals surface area contributed by atoms with Gasteiger partial charge in [-0.3, -0.25) is 15.0 Å². The minimum atomic E-state index is -0.443. The van der Waals surface area contributed by atoms with Crippen LogP contribution in [0, 0.1) is 5.92 Å². The summed E-state index contributed by atoms with van der Waals surface area (Å²) >= 11 is 0. The number of hydrogen-bond acceptors (Lipinski definition) is 7. The van der Waals surface area contributed by atoms with Crippen LogP contribution in [0.15, 0.2) is 72.9 Å². The summed E-state index contributed by atoms with van der Waals surface area (Å²) in [6.45, 7) is 6.27. The first kappa shape index (κ1) is 27.9. The lowest BCUT2D eigenvalue weighted by Crippen LogP contribution is -2.67. The van der Waals surface area contributed by atoms with Crippen LogP contribution >= 0.6 is 0 Å². The molecule has 40 heavy (non-hydrogen) atoms. The third-order valence-corrected chi connectivity index (χ3v) is 8.16. The Balaban J connectivity index is 1.34. The predicted octanol–water partition coefficient (Wildman–Crippen LogP) is 2.93. The summed E-state index contributed by atoms with van der Waals surface area (Å²) in [5.74, 6) is 1.19. The van der Waals surface area contributed by atoms with Gasteiger partial charge in [-0.2, -0.15) is 0 Å². The van der Waals surface area contributed by atoms with E-state index >= 15 is 0 Å². The third-order valence-electron chi connectivity index (χ3n) is 8.16. The summed E-state index contributed by atoms with van der Waals surface area (Å²) in [7, 11) is 2.04. The number of amides is 2. The van der Waals surface area contributed by atoms with E-state index in [-0.39, 0.29) is 23.8 Å². The molecule has 5 rings (SSSR count). The second-order valence-corrected chi connectivity index (χ2v) is 11.1.